The molecule has 2 N–H and O–H groups in total. The zero-order valence-corrected chi connectivity index (χ0v) is 9.91. The number of amides is 2. The Labute approximate surface area is 95.9 Å². The number of nitrogens with one attached hydrogen (secondary N) is 2. The van der Waals surface area contributed by atoms with Crippen molar-refractivity contribution in [2.75, 3.05) is 6.61 Å². The average molecular weight is 228 g/mol. The summed E-state index contributed by atoms with van der Waals surface area (Å²) in [4.78, 5) is 22.7. The number of rotatable bonds is 4. The van der Waals surface area contributed by atoms with Crippen molar-refractivity contribution in [3.63, 3.8) is 0 Å². The van der Waals surface area contributed by atoms with Crippen LogP contribution in [0.2, 0.25) is 0 Å². The van der Waals surface area contributed by atoms with Crippen LogP contribution in [0.15, 0.2) is 0 Å². The molecule has 1 rings (SSSR count). The second-order valence-corrected chi connectivity index (χ2v) is 4.07. The third-order valence-corrected chi connectivity index (χ3v) is 2.68. The highest BCUT2D eigenvalue weighted by molar-refractivity contribution is 5.83. The summed E-state index contributed by atoms with van der Waals surface area (Å²) in [6.07, 6.45) is 4.39. The lowest BCUT2D eigenvalue weighted by atomic mass is 10.2. The average Bonchev–Trinajstić information content (AvgIpc) is 2.70. The normalized spacial score (nSPS) is 17.9. The second kappa shape index (κ2) is 6.35. The van der Waals surface area contributed by atoms with Gasteiger partial charge in [0.1, 0.15) is 6.04 Å². The molecule has 0 aromatic heterocycles. The Morgan fingerprint density at radius 2 is 2.00 bits per heavy atom. The summed E-state index contributed by atoms with van der Waals surface area (Å²) in [5.74, 6) is -0.399. The lowest BCUT2D eigenvalue weighted by Gasteiger charge is -2.16. The fourth-order valence-corrected chi connectivity index (χ4v) is 1.82. The Morgan fingerprint density at radius 1 is 1.38 bits per heavy atom. The van der Waals surface area contributed by atoms with Crippen LogP contribution in [0.4, 0.5) is 4.79 Å². The first kappa shape index (κ1) is 12.8. The molecule has 1 saturated carbocycles. The van der Waals surface area contributed by atoms with Gasteiger partial charge in [-0.3, -0.25) is 0 Å². The van der Waals surface area contributed by atoms with Gasteiger partial charge in [-0.25, -0.2) is 9.59 Å². The third kappa shape index (κ3) is 4.08. The Balaban J connectivity index is 2.24. The zero-order valence-electron chi connectivity index (χ0n) is 9.91. The first-order valence-corrected chi connectivity index (χ1v) is 5.87. The van der Waals surface area contributed by atoms with Crippen LogP contribution in [0.1, 0.15) is 39.5 Å². The van der Waals surface area contributed by atoms with Crippen LogP contribution in [0.5, 0.6) is 0 Å². The van der Waals surface area contributed by atoms with Crippen molar-refractivity contribution in [3.8, 4) is 0 Å². The Hall–Kier alpha value is -1.26. The maximum atomic E-state index is 11.5. The molecule has 0 aliphatic heterocycles. The molecule has 0 saturated heterocycles. The van der Waals surface area contributed by atoms with Crippen molar-refractivity contribution in [1.82, 2.24) is 10.6 Å². The Bertz CT molecular complexity index is 250. The fourth-order valence-electron chi connectivity index (χ4n) is 1.82. The highest BCUT2D eigenvalue weighted by Crippen LogP contribution is 2.17. The number of carbonyl (C=O) groups excluding carboxylic acids is 2. The molecule has 1 atom stereocenters. The van der Waals surface area contributed by atoms with E-state index in [4.69, 9.17) is 4.74 Å². The van der Waals surface area contributed by atoms with Gasteiger partial charge >= 0.3 is 12.0 Å². The summed E-state index contributed by atoms with van der Waals surface area (Å²) in [5.41, 5.74) is 0. The summed E-state index contributed by atoms with van der Waals surface area (Å²) in [7, 11) is 0. The Morgan fingerprint density at radius 3 is 2.56 bits per heavy atom. The van der Waals surface area contributed by atoms with Crippen molar-refractivity contribution in [3.05, 3.63) is 0 Å². The van der Waals surface area contributed by atoms with E-state index in [-0.39, 0.29) is 12.1 Å². The van der Waals surface area contributed by atoms with E-state index in [1.165, 1.54) is 12.8 Å². The minimum Gasteiger partial charge on any atom is -0.464 e. The van der Waals surface area contributed by atoms with Crippen molar-refractivity contribution in [1.29, 1.82) is 0 Å². The van der Waals surface area contributed by atoms with Crippen molar-refractivity contribution >= 4 is 12.0 Å². The highest BCUT2D eigenvalue weighted by Gasteiger charge is 2.20. The predicted molar refractivity (Wildman–Crippen MR) is 60.0 cm³/mol. The molecule has 0 radical (unpaired) electrons. The lowest BCUT2D eigenvalue weighted by molar-refractivity contribution is -0.144. The largest absolute Gasteiger partial charge is 0.464 e. The number of hydrogen-bond donors (Lipinski definition) is 2. The molecule has 1 aliphatic rings. The van der Waals surface area contributed by atoms with Crippen LogP contribution in [-0.2, 0) is 9.53 Å². The van der Waals surface area contributed by atoms with Gasteiger partial charge < -0.3 is 15.4 Å². The van der Waals surface area contributed by atoms with Gasteiger partial charge in [-0.2, -0.15) is 0 Å². The van der Waals surface area contributed by atoms with Gasteiger partial charge in [0.15, 0.2) is 0 Å². The molecule has 2 amide bonds. The number of carbonyl (C=O) groups is 2. The smallest absolute Gasteiger partial charge is 0.328 e. The summed E-state index contributed by atoms with van der Waals surface area (Å²) >= 11 is 0. The molecule has 5 heteroatoms. The van der Waals surface area contributed by atoms with Crippen LogP contribution in [-0.4, -0.2) is 30.7 Å². The van der Waals surface area contributed by atoms with E-state index in [2.05, 4.69) is 10.6 Å². The molecule has 1 fully saturated rings. The molecule has 1 aliphatic carbocycles. The third-order valence-electron chi connectivity index (χ3n) is 2.68. The van der Waals surface area contributed by atoms with Crippen molar-refractivity contribution in [2.45, 2.75) is 51.6 Å². The van der Waals surface area contributed by atoms with Crippen molar-refractivity contribution in [2.24, 2.45) is 0 Å². The van der Waals surface area contributed by atoms with Gasteiger partial charge in [-0.1, -0.05) is 12.8 Å². The maximum Gasteiger partial charge on any atom is 0.328 e. The van der Waals surface area contributed by atoms with Gasteiger partial charge in [0, 0.05) is 6.04 Å². The topological polar surface area (TPSA) is 67.4 Å². The zero-order chi connectivity index (χ0) is 12.0. The van der Waals surface area contributed by atoms with Crippen LogP contribution in [0, 0.1) is 0 Å². The SMILES string of the molecule is CCOC(=O)C(C)NC(=O)NC1CCCC1. The van der Waals surface area contributed by atoms with E-state index >= 15 is 0 Å². The summed E-state index contributed by atoms with van der Waals surface area (Å²) in [5, 5.41) is 5.42. The van der Waals surface area contributed by atoms with Gasteiger partial charge in [-0.15, -0.1) is 0 Å². The monoisotopic (exact) mass is 228 g/mol. The van der Waals surface area contributed by atoms with Gasteiger partial charge in [0.2, 0.25) is 0 Å². The Kier molecular flexibility index (Phi) is 5.08. The molecule has 0 aromatic carbocycles. The van der Waals surface area contributed by atoms with Crippen LogP contribution in [0.3, 0.4) is 0 Å². The molecule has 5 nitrogen and oxygen atoms in total. The highest BCUT2D eigenvalue weighted by atomic mass is 16.5. The summed E-state index contributed by atoms with van der Waals surface area (Å²) < 4.78 is 4.79. The minimum absolute atomic E-state index is 0.259. The fraction of sp³-hybridized carbons (Fsp3) is 0.818. The standard InChI is InChI=1S/C11H20N2O3/c1-3-16-10(14)8(2)12-11(15)13-9-6-4-5-7-9/h8-9H,3-7H2,1-2H3,(H2,12,13,15). The first-order chi connectivity index (χ1) is 7.63. The quantitative estimate of drug-likeness (QED) is 0.710. The molecule has 1 unspecified atom stereocenters. The second-order valence-electron chi connectivity index (χ2n) is 4.07. The van der Waals surface area contributed by atoms with Crippen LogP contribution in [0.25, 0.3) is 0 Å². The lowest BCUT2D eigenvalue weighted by Crippen LogP contribution is -2.47. The summed E-state index contributed by atoms with van der Waals surface area (Å²) in [6.45, 7) is 3.69. The molecular weight excluding hydrogens is 208 g/mol. The van der Waals surface area contributed by atoms with E-state index in [9.17, 15) is 9.59 Å². The number of urea groups is 1. The molecule has 0 spiro atoms. The molecule has 0 heterocycles. The molecule has 0 bridgehead atoms. The van der Waals surface area contributed by atoms with E-state index in [1.807, 2.05) is 0 Å². The maximum absolute atomic E-state index is 11.5. The number of esters is 1. The van der Waals surface area contributed by atoms with Gasteiger partial charge in [-0.05, 0) is 26.7 Å². The molecular formula is C11H20N2O3. The van der Waals surface area contributed by atoms with Crippen LogP contribution >= 0.6 is 0 Å². The minimum atomic E-state index is -0.596. The predicted octanol–water partition coefficient (Wildman–Crippen LogP) is 1.18. The molecule has 92 valence electrons. The van der Waals surface area contributed by atoms with Gasteiger partial charge in [0.25, 0.3) is 0 Å². The van der Waals surface area contributed by atoms with E-state index in [0.29, 0.717) is 6.61 Å². The van der Waals surface area contributed by atoms with Gasteiger partial charge in [0.05, 0.1) is 6.61 Å². The van der Waals surface area contributed by atoms with E-state index < -0.39 is 12.0 Å². The van der Waals surface area contributed by atoms with E-state index in [1.54, 1.807) is 13.8 Å². The number of hydrogen-bond acceptors (Lipinski definition) is 3. The molecule has 0 aromatic rings. The first-order valence-electron chi connectivity index (χ1n) is 5.87. The summed E-state index contributed by atoms with van der Waals surface area (Å²) in [6, 6.07) is -0.622. The van der Waals surface area contributed by atoms with Crippen molar-refractivity contribution < 1.29 is 14.3 Å². The molecule has 16 heavy (non-hydrogen) atoms. The van der Waals surface area contributed by atoms with E-state index in [0.717, 1.165) is 12.8 Å². The number of ether oxygens (including phenoxy) is 1. The van der Waals surface area contributed by atoms with Crippen LogP contribution < -0.4 is 10.6 Å².